The molecule has 0 amide bonds. The molecule has 0 heterocycles. The Bertz CT molecular complexity index is 819. The van der Waals surface area contributed by atoms with Crippen molar-refractivity contribution < 1.29 is 24.9 Å². The van der Waals surface area contributed by atoms with E-state index in [0.717, 1.165) is 30.3 Å². The molecule has 0 aromatic heterocycles. The van der Waals surface area contributed by atoms with Gasteiger partial charge in [0.1, 0.15) is 17.0 Å². The highest BCUT2D eigenvalue weighted by molar-refractivity contribution is 5.91. The first-order valence-electron chi connectivity index (χ1n) is 6.05. The Labute approximate surface area is 127 Å². The van der Waals surface area contributed by atoms with Crippen molar-refractivity contribution in [3.63, 3.8) is 0 Å². The molecule has 0 saturated heterocycles. The summed E-state index contributed by atoms with van der Waals surface area (Å²) in [6.45, 7) is 0. The second-order valence-electron chi connectivity index (χ2n) is 4.38. The minimum atomic E-state index is -1.32. The van der Waals surface area contributed by atoms with Gasteiger partial charge in [0, 0.05) is 17.8 Å². The summed E-state index contributed by atoms with van der Waals surface area (Å²) in [6.07, 6.45) is 0. The summed E-state index contributed by atoms with van der Waals surface area (Å²) in [5.74, 6) is -1.84. The van der Waals surface area contributed by atoms with Crippen molar-refractivity contribution in [1.29, 1.82) is 0 Å². The summed E-state index contributed by atoms with van der Waals surface area (Å²) in [5, 5.41) is 42.7. The second-order valence-corrected chi connectivity index (χ2v) is 4.38. The minimum Gasteiger partial charge on any atom is -0.507 e. The van der Waals surface area contributed by atoms with Gasteiger partial charge in [-0.2, -0.15) is 0 Å². The van der Waals surface area contributed by atoms with Gasteiger partial charge in [0.15, 0.2) is 0 Å². The van der Waals surface area contributed by atoms with Crippen molar-refractivity contribution in [3.05, 3.63) is 62.2 Å². The molecule has 3 N–H and O–H groups in total. The lowest BCUT2D eigenvalue weighted by Crippen LogP contribution is -2.00. The molecule has 2 aromatic rings. The van der Waals surface area contributed by atoms with E-state index in [9.17, 15) is 30.1 Å². The lowest BCUT2D eigenvalue weighted by atomic mass is 10.1. The van der Waals surface area contributed by atoms with E-state index in [4.69, 9.17) is 5.11 Å². The summed E-state index contributed by atoms with van der Waals surface area (Å²) in [7, 11) is 0. The Kier molecular flexibility index (Phi) is 4.07. The fourth-order valence-electron chi connectivity index (χ4n) is 1.84. The predicted octanol–water partition coefficient (Wildman–Crippen LogP) is 2.65. The number of hydrogen-bond donors (Lipinski definition) is 3. The predicted molar refractivity (Wildman–Crippen MR) is 78.1 cm³/mol. The van der Waals surface area contributed by atoms with Gasteiger partial charge in [-0.3, -0.25) is 20.2 Å². The average molecular weight is 319 g/mol. The van der Waals surface area contributed by atoms with Crippen molar-refractivity contribution in [1.82, 2.24) is 0 Å². The van der Waals surface area contributed by atoms with Crippen molar-refractivity contribution >= 4 is 28.7 Å². The van der Waals surface area contributed by atoms with Crippen LogP contribution in [0.1, 0.15) is 10.4 Å². The molecule has 0 aliphatic rings. The molecule has 0 fully saturated rings. The van der Waals surface area contributed by atoms with Gasteiger partial charge in [-0.15, -0.1) is 0 Å². The number of benzene rings is 2. The number of carbonyl (C=O) groups is 1. The highest BCUT2D eigenvalue weighted by Gasteiger charge is 2.20. The molecule has 0 unspecified atom stereocenters. The molecule has 0 aliphatic heterocycles. The van der Waals surface area contributed by atoms with E-state index in [-0.39, 0.29) is 16.9 Å². The van der Waals surface area contributed by atoms with E-state index in [1.54, 1.807) is 0 Å². The number of nitrogens with one attached hydrogen (secondary N) is 1. The molecule has 10 heteroatoms. The van der Waals surface area contributed by atoms with E-state index in [2.05, 4.69) is 5.32 Å². The number of nitro benzene ring substituents is 2. The Hall–Kier alpha value is -3.69. The summed E-state index contributed by atoms with van der Waals surface area (Å²) in [6, 6.07) is 6.53. The van der Waals surface area contributed by atoms with E-state index in [0.29, 0.717) is 0 Å². The molecule has 0 radical (unpaired) electrons. The number of nitro groups is 2. The first-order chi connectivity index (χ1) is 10.8. The Morgan fingerprint density at radius 1 is 1.04 bits per heavy atom. The zero-order valence-corrected chi connectivity index (χ0v) is 11.3. The van der Waals surface area contributed by atoms with Gasteiger partial charge in [0.05, 0.1) is 15.9 Å². The van der Waals surface area contributed by atoms with E-state index >= 15 is 0 Å². The molecular weight excluding hydrogens is 310 g/mol. The fourth-order valence-corrected chi connectivity index (χ4v) is 1.84. The number of anilines is 2. The number of aromatic hydroxyl groups is 1. The van der Waals surface area contributed by atoms with Crippen molar-refractivity contribution in [2.45, 2.75) is 0 Å². The Morgan fingerprint density at radius 3 is 2.26 bits per heavy atom. The lowest BCUT2D eigenvalue weighted by Gasteiger charge is -2.08. The van der Waals surface area contributed by atoms with Crippen LogP contribution in [-0.4, -0.2) is 26.0 Å². The van der Waals surface area contributed by atoms with E-state index < -0.39 is 32.9 Å². The molecule has 0 aliphatic carbocycles. The van der Waals surface area contributed by atoms with Gasteiger partial charge in [0.2, 0.25) is 0 Å². The smallest absolute Gasteiger partial charge is 0.339 e. The minimum absolute atomic E-state index is 0.0388. The van der Waals surface area contributed by atoms with Gasteiger partial charge in [0.25, 0.3) is 11.4 Å². The third kappa shape index (κ3) is 3.32. The summed E-state index contributed by atoms with van der Waals surface area (Å²) in [5.41, 5.74) is -1.14. The van der Waals surface area contributed by atoms with Gasteiger partial charge < -0.3 is 15.5 Å². The van der Waals surface area contributed by atoms with Crippen LogP contribution in [-0.2, 0) is 0 Å². The summed E-state index contributed by atoms with van der Waals surface area (Å²) >= 11 is 0. The fraction of sp³-hybridized carbons (Fsp3) is 0. The van der Waals surface area contributed by atoms with Gasteiger partial charge in [-0.1, -0.05) is 0 Å². The highest BCUT2D eigenvalue weighted by Crippen LogP contribution is 2.32. The number of rotatable bonds is 5. The summed E-state index contributed by atoms with van der Waals surface area (Å²) in [4.78, 5) is 30.9. The van der Waals surface area contributed by atoms with Crippen LogP contribution in [0, 0.1) is 20.2 Å². The molecular formula is C13H9N3O7. The molecule has 0 spiro atoms. The number of nitrogens with zero attached hydrogens (tertiary/aromatic N) is 2. The zero-order valence-electron chi connectivity index (χ0n) is 11.3. The lowest BCUT2D eigenvalue weighted by molar-refractivity contribution is -0.393. The maximum atomic E-state index is 11.0. The van der Waals surface area contributed by atoms with E-state index in [1.165, 1.54) is 6.07 Å². The zero-order chi connectivity index (χ0) is 17.1. The molecule has 10 nitrogen and oxygen atoms in total. The van der Waals surface area contributed by atoms with Gasteiger partial charge >= 0.3 is 5.97 Å². The van der Waals surface area contributed by atoms with Gasteiger partial charge in [-0.25, -0.2) is 4.79 Å². The van der Waals surface area contributed by atoms with Crippen LogP contribution in [0.3, 0.4) is 0 Å². The van der Waals surface area contributed by atoms with Crippen LogP contribution in [0.25, 0.3) is 0 Å². The van der Waals surface area contributed by atoms with Crippen LogP contribution >= 0.6 is 0 Å². The normalized spacial score (nSPS) is 10.1. The largest absolute Gasteiger partial charge is 0.507 e. The Morgan fingerprint density at radius 2 is 1.74 bits per heavy atom. The highest BCUT2D eigenvalue weighted by atomic mass is 16.6. The quantitative estimate of drug-likeness (QED) is 0.560. The van der Waals surface area contributed by atoms with Crippen LogP contribution in [0.2, 0.25) is 0 Å². The molecule has 0 saturated carbocycles. The SMILES string of the molecule is O=C(O)c1ccc(Nc2ccc([N+](=O)[O-])cc2[N+](=O)[O-])cc1O. The van der Waals surface area contributed by atoms with Crippen molar-refractivity contribution in [2.24, 2.45) is 0 Å². The average Bonchev–Trinajstić information content (AvgIpc) is 2.46. The third-order valence-corrected chi connectivity index (χ3v) is 2.90. The third-order valence-electron chi connectivity index (χ3n) is 2.90. The number of carboxylic acid groups (broad SMARTS) is 1. The number of phenols is 1. The van der Waals surface area contributed by atoms with Gasteiger partial charge in [-0.05, 0) is 18.2 Å². The van der Waals surface area contributed by atoms with Crippen LogP contribution in [0.5, 0.6) is 5.75 Å². The topological polar surface area (TPSA) is 156 Å². The second kappa shape index (κ2) is 5.97. The molecule has 23 heavy (non-hydrogen) atoms. The molecule has 2 rings (SSSR count). The van der Waals surface area contributed by atoms with Crippen molar-refractivity contribution in [2.75, 3.05) is 5.32 Å². The summed E-state index contributed by atoms with van der Waals surface area (Å²) < 4.78 is 0. The first kappa shape index (κ1) is 15.7. The number of non-ortho nitro benzene ring substituents is 1. The first-order valence-corrected chi connectivity index (χ1v) is 6.05. The Balaban J connectivity index is 2.40. The standard InChI is InChI=1S/C13H9N3O7/c17-12-5-7(1-3-9(12)13(18)19)14-10-4-2-8(15(20)21)6-11(10)16(22)23/h1-6,14,17H,(H,18,19). The molecule has 0 atom stereocenters. The molecule has 0 bridgehead atoms. The maximum absolute atomic E-state index is 11.0. The van der Waals surface area contributed by atoms with Crippen LogP contribution < -0.4 is 5.32 Å². The monoisotopic (exact) mass is 319 g/mol. The van der Waals surface area contributed by atoms with Crippen LogP contribution in [0.4, 0.5) is 22.7 Å². The molecule has 118 valence electrons. The van der Waals surface area contributed by atoms with Crippen molar-refractivity contribution in [3.8, 4) is 5.75 Å². The maximum Gasteiger partial charge on any atom is 0.339 e. The van der Waals surface area contributed by atoms with E-state index in [1.807, 2.05) is 0 Å². The molecule has 2 aromatic carbocycles. The number of aromatic carboxylic acids is 1. The van der Waals surface area contributed by atoms with Crippen LogP contribution in [0.15, 0.2) is 36.4 Å². The number of hydrogen-bond acceptors (Lipinski definition) is 7. The number of carboxylic acids is 1.